The van der Waals surface area contributed by atoms with E-state index < -0.39 is 17.9 Å². The number of hydrogen-bond acceptors (Lipinski definition) is 3. The Morgan fingerprint density at radius 3 is 2.00 bits per heavy atom. The molecule has 1 fully saturated rings. The molecule has 0 radical (unpaired) electrons. The van der Waals surface area contributed by atoms with E-state index in [1.807, 2.05) is 27.7 Å². The number of carboxylic acid groups (broad SMARTS) is 1. The number of hydrogen-bond donors (Lipinski definition) is 3. The highest BCUT2D eigenvalue weighted by atomic mass is 16.4. The van der Waals surface area contributed by atoms with E-state index in [4.69, 9.17) is 10.8 Å². The quantitative estimate of drug-likeness (QED) is 0.653. The Balaban J connectivity index is 2.64. The normalized spacial score (nSPS) is 21.5. The minimum Gasteiger partial charge on any atom is -0.480 e. The van der Waals surface area contributed by atoms with Gasteiger partial charge in [-0.25, -0.2) is 4.79 Å². The number of carbonyl (C=O) groups excluding carboxylic acids is 2. The molecule has 6 heteroatoms. The molecule has 19 heavy (non-hydrogen) atoms. The van der Waals surface area contributed by atoms with E-state index >= 15 is 0 Å². The molecule has 1 rings (SSSR count). The first-order chi connectivity index (χ1) is 8.51. The summed E-state index contributed by atoms with van der Waals surface area (Å²) in [6, 6.07) is -1.06. The standard InChI is InChI=1S/C13H22N2O4/c1-12(2)9(13(12,3)4)10(17)15-7(11(18)19)5-6-8(14)16/h7,9H,5-6H2,1-4H3,(H2,14,16)(H,15,17)(H,18,19)/t7-/m0/s1. The van der Waals surface area contributed by atoms with Gasteiger partial charge in [0.25, 0.3) is 0 Å². The van der Waals surface area contributed by atoms with Crippen LogP contribution in [0.2, 0.25) is 0 Å². The molecule has 0 bridgehead atoms. The highest BCUT2D eigenvalue weighted by Crippen LogP contribution is 2.68. The summed E-state index contributed by atoms with van der Waals surface area (Å²) in [5.41, 5.74) is 4.69. The third-order valence-corrected chi connectivity index (χ3v) is 4.58. The van der Waals surface area contributed by atoms with E-state index in [1.54, 1.807) is 0 Å². The predicted octanol–water partition coefficient (Wildman–Crippen LogP) is 0.504. The summed E-state index contributed by atoms with van der Waals surface area (Å²) in [5.74, 6) is -2.21. The summed E-state index contributed by atoms with van der Waals surface area (Å²) in [4.78, 5) is 33.8. The molecule has 0 heterocycles. The van der Waals surface area contributed by atoms with Crippen molar-refractivity contribution in [1.82, 2.24) is 5.32 Å². The van der Waals surface area contributed by atoms with Gasteiger partial charge in [-0.05, 0) is 17.3 Å². The van der Waals surface area contributed by atoms with Gasteiger partial charge in [-0.3, -0.25) is 9.59 Å². The van der Waals surface area contributed by atoms with Crippen molar-refractivity contribution < 1.29 is 19.5 Å². The van der Waals surface area contributed by atoms with Crippen molar-refractivity contribution in [3.8, 4) is 0 Å². The second-order valence-corrected chi connectivity index (χ2v) is 6.28. The molecule has 0 saturated heterocycles. The summed E-state index contributed by atoms with van der Waals surface area (Å²) < 4.78 is 0. The fraction of sp³-hybridized carbons (Fsp3) is 0.769. The second-order valence-electron chi connectivity index (χ2n) is 6.28. The van der Waals surface area contributed by atoms with Gasteiger partial charge < -0.3 is 16.2 Å². The number of nitrogens with two attached hydrogens (primary N) is 1. The predicted molar refractivity (Wildman–Crippen MR) is 69.0 cm³/mol. The van der Waals surface area contributed by atoms with Crippen LogP contribution in [0.25, 0.3) is 0 Å². The lowest BCUT2D eigenvalue weighted by molar-refractivity contribution is -0.142. The van der Waals surface area contributed by atoms with Crippen LogP contribution < -0.4 is 11.1 Å². The lowest BCUT2D eigenvalue weighted by Crippen LogP contribution is -2.43. The molecule has 0 unspecified atom stereocenters. The molecular formula is C13H22N2O4. The van der Waals surface area contributed by atoms with Crippen LogP contribution in [0.15, 0.2) is 0 Å². The number of rotatable bonds is 6. The van der Waals surface area contributed by atoms with Crippen molar-refractivity contribution in [2.24, 2.45) is 22.5 Å². The Kier molecular flexibility index (Phi) is 3.93. The van der Waals surface area contributed by atoms with Gasteiger partial charge in [0.1, 0.15) is 6.04 Å². The van der Waals surface area contributed by atoms with E-state index in [0.717, 1.165) is 0 Å². The van der Waals surface area contributed by atoms with Crippen LogP contribution in [-0.4, -0.2) is 28.9 Å². The van der Waals surface area contributed by atoms with E-state index in [9.17, 15) is 14.4 Å². The Morgan fingerprint density at radius 2 is 1.68 bits per heavy atom. The number of carbonyl (C=O) groups is 3. The van der Waals surface area contributed by atoms with E-state index in [0.29, 0.717) is 0 Å². The molecule has 4 N–H and O–H groups in total. The maximum absolute atomic E-state index is 12.1. The van der Waals surface area contributed by atoms with Crippen molar-refractivity contribution in [3.05, 3.63) is 0 Å². The molecule has 1 saturated carbocycles. The lowest BCUT2D eigenvalue weighted by Gasteiger charge is -2.14. The zero-order valence-electron chi connectivity index (χ0n) is 11.8. The van der Waals surface area contributed by atoms with Gasteiger partial charge >= 0.3 is 5.97 Å². The molecule has 0 aromatic carbocycles. The minimum absolute atomic E-state index is 0.0178. The van der Waals surface area contributed by atoms with Gasteiger partial charge in [-0.15, -0.1) is 0 Å². The van der Waals surface area contributed by atoms with Crippen molar-refractivity contribution in [2.45, 2.75) is 46.6 Å². The van der Waals surface area contributed by atoms with Gasteiger partial charge in [0.2, 0.25) is 11.8 Å². The number of nitrogens with one attached hydrogen (secondary N) is 1. The van der Waals surface area contributed by atoms with Gasteiger partial charge in [0.15, 0.2) is 0 Å². The molecule has 0 spiro atoms. The topological polar surface area (TPSA) is 109 Å². The van der Waals surface area contributed by atoms with Gasteiger partial charge in [-0.1, -0.05) is 27.7 Å². The number of primary amides is 1. The van der Waals surface area contributed by atoms with Crippen LogP contribution in [0.5, 0.6) is 0 Å². The SMILES string of the molecule is CC1(C)C(C(=O)N[C@@H](CCC(N)=O)C(=O)O)C1(C)C. The van der Waals surface area contributed by atoms with Gasteiger partial charge in [0.05, 0.1) is 0 Å². The number of amides is 2. The van der Waals surface area contributed by atoms with Crippen molar-refractivity contribution in [1.29, 1.82) is 0 Å². The fourth-order valence-corrected chi connectivity index (χ4v) is 2.65. The maximum Gasteiger partial charge on any atom is 0.326 e. The van der Waals surface area contributed by atoms with Gasteiger partial charge in [0, 0.05) is 12.3 Å². The molecule has 0 aromatic heterocycles. The molecule has 1 aliphatic rings. The van der Waals surface area contributed by atoms with E-state index in [1.165, 1.54) is 0 Å². The molecule has 1 atom stereocenters. The van der Waals surface area contributed by atoms with E-state index in [2.05, 4.69) is 5.32 Å². The monoisotopic (exact) mass is 270 g/mol. The van der Waals surface area contributed by atoms with Crippen molar-refractivity contribution >= 4 is 17.8 Å². The Labute approximate surface area is 112 Å². The summed E-state index contributed by atoms with van der Waals surface area (Å²) in [6.07, 6.45) is -0.0430. The van der Waals surface area contributed by atoms with Crippen LogP contribution >= 0.6 is 0 Å². The molecule has 0 aliphatic heterocycles. The first-order valence-corrected chi connectivity index (χ1v) is 6.33. The van der Waals surface area contributed by atoms with Crippen LogP contribution in [-0.2, 0) is 14.4 Å². The van der Waals surface area contributed by atoms with Crippen LogP contribution in [0.4, 0.5) is 0 Å². The summed E-state index contributed by atoms with van der Waals surface area (Å²) >= 11 is 0. The second kappa shape index (κ2) is 4.83. The van der Waals surface area contributed by atoms with Crippen LogP contribution in [0, 0.1) is 16.7 Å². The molecular weight excluding hydrogens is 248 g/mol. The number of carboxylic acids is 1. The Hall–Kier alpha value is -1.59. The zero-order chi connectivity index (χ0) is 15.0. The average Bonchev–Trinajstić information content (AvgIpc) is 2.63. The summed E-state index contributed by atoms with van der Waals surface area (Å²) in [5, 5.41) is 11.5. The zero-order valence-corrected chi connectivity index (χ0v) is 11.8. The Bertz CT molecular complexity index is 401. The van der Waals surface area contributed by atoms with Crippen molar-refractivity contribution in [2.75, 3.05) is 0 Å². The number of aliphatic carboxylic acids is 1. The van der Waals surface area contributed by atoms with Crippen molar-refractivity contribution in [3.63, 3.8) is 0 Å². The third-order valence-electron chi connectivity index (χ3n) is 4.58. The third kappa shape index (κ3) is 2.88. The minimum atomic E-state index is -1.15. The smallest absolute Gasteiger partial charge is 0.326 e. The Morgan fingerprint density at radius 1 is 1.21 bits per heavy atom. The van der Waals surface area contributed by atoms with Crippen LogP contribution in [0.3, 0.4) is 0 Å². The molecule has 108 valence electrons. The van der Waals surface area contributed by atoms with Gasteiger partial charge in [-0.2, -0.15) is 0 Å². The largest absolute Gasteiger partial charge is 0.480 e. The highest BCUT2D eigenvalue weighted by Gasteiger charge is 2.68. The van der Waals surface area contributed by atoms with E-state index in [-0.39, 0.29) is 35.5 Å². The molecule has 1 aliphatic carbocycles. The summed E-state index contributed by atoms with van der Waals surface area (Å²) in [6.45, 7) is 7.93. The summed E-state index contributed by atoms with van der Waals surface area (Å²) in [7, 11) is 0. The molecule has 2 amide bonds. The first kappa shape index (κ1) is 15.5. The fourth-order valence-electron chi connectivity index (χ4n) is 2.65. The van der Waals surface area contributed by atoms with Crippen LogP contribution in [0.1, 0.15) is 40.5 Å². The maximum atomic E-state index is 12.1. The molecule has 0 aromatic rings. The first-order valence-electron chi connectivity index (χ1n) is 6.33. The molecule has 6 nitrogen and oxygen atoms in total. The average molecular weight is 270 g/mol. The lowest BCUT2D eigenvalue weighted by atomic mass is 10.0. The highest BCUT2D eigenvalue weighted by molar-refractivity contribution is 5.88.